The second kappa shape index (κ2) is 6.23. The van der Waals surface area contributed by atoms with E-state index in [1.165, 1.54) is 18.5 Å². The van der Waals surface area contributed by atoms with Gasteiger partial charge in [0.2, 0.25) is 0 Å². The molecule has 0 aliphatic heterocycles. The summed E-state index contributed by atoms with van der Waals surface area (Å²) in [4.78, 5) is 4.35. The number of halogens is 2. The molecule has 4 heteroatoms. The summed E-state index contributed by atoms with van der Waals surface area (Å²) in [6, 6.07) is 6.59. The smallest absolute Gasteiger partial charge is 0.0575 e. The zero-order valence-corrected chi connectivity index (χ0v) is 9.78. The maximum absolute atomic E-state index is 4.35. The molecule has 1 aliphatic carbocycles. The van der Waals surface area contributed by atoms with Gasteiger partial charge in [-0.25, -0.2) is 0 Å². The highest BCUT2D eigenvalue weighted by Crippen LogP contribution is 2.39. The lowest BCUT2D eigenvalue weighted by Crippen LogP contribution is -2.19. The van der Waals surface area contributed by atoms with Gasteiger partial charge in [0.05, 0.1) is 11.7 Å². The highest BCUT2D eigenvalue weighted by molar-refractivity contribution is 5.85. The predicted molar refractivity (Wildman–Crippen MR) is 63.3 cm³/mol. The Balaban J connectivity index is 0.000000845. The van der Waals surface area contributed by atoms with Crippen molar-refractivity contribution < 1.29 is 0 Å². The molecular formula is C10H16Cl2N2. The summed E-state index contributed by atoms with van der Waals surface area (Å²) >= 11 is 0. The van der Waals surface area contributed by atoms with E-state index in [1.54, 1.807) is 0 Å². The lowest BCUT2D eigenvalue weighted by molar-refractivity contribution is 0.515. The quantitative estimate of drug-likeness (QED) is 0.870. The summed E-state index contributed by atoms with van der Waals surface area (Å²) in [6.45, 7) is 0. The van der Waals surface area contributed by atoms with Crippen LogP contribution in [0.2, 0.25) is 0 Å². The van der Waals surface area contributed by atoms with Gasteiger partial charge in [0, 0.05) is 6.20 Å². The van der Waals surface area contributed by atoms with Crippen LogP contribution in [0.4, 0.5) is 0 Å². The molecule has 1 aromatic rings. The van der Waals surface area contributed by atoms with Crippen LogP contribution in [0.1, 0.15) is 24.6 Å². The standard InChI is InChI=1S/C10H14N2.2ClH/c1-11-10(8-5-6-8)9-4-2-3-7-12-9;;/h2-4,7-8,10-11H,5-6H2,1H3;2*1H. The van der Waals surface area contributed by atoms with Crippen LogP contribution in [-0.4, -0.2) is 12.0 Å². The molecule has 80 valence electrons. The minimum Gasteiger partial charge on any atom is -0.311 e. The SMILES string of the molecule is CNC(c1ccccn1)C1CC1.Cl.Cl. The molecule has 1 heterocycles. The predicted octanol–water partition coefficient (Wildman–Crippen LogP) is 2.60. The van der Waals surface area contributed by atoms with Crippen molar-refractivity contribution in [3.8, 4) is 0 Å². The zero-order valence-electron chi connectivity index (χ0n) is 8.14. The van der Waals surface area contributed by atoms with E-state index >= 15 is 0 Å². The van der Waals surface area contributed by atoms with E-state index in [9.17, 15) is 0 Å². The second-order valence-electron chi connectivity index (χ2n) is 3.36. The van der Waals surface area contributed by atoms with Crippen LogP contribution in [0.25, 0.3) is 0 Å². The van der Waals surface area contributed by atoms with Crippen molar-refractivity contribution in [3.63, 3.8) is 0 Å². The Morgan fingerprint density at radius 1 is 1.36 bits per heavy atom. The van der Waals surface area contributed by atoms with Crippen LogP contribution >= 0.6 is 24.8 Å². The lowest BCUT2D eigenvalue weighted by Gasteiger charge is -2.13. The summed E-state index contributed by atoms with van der Waals surface area (Å²) in [5.74, 6) is 0.824. The summed E-state index contributed by atoms with van der Waals surface area (Å²) in [5, 5.41) is 3.32. The molecule has 1 fully saturated rings. The van der Waals surface area contributed by atoms with Crippen LogP contribution in [0, 0.1) is 5.92 Å². The van der Waals surface area contributed by atoms with Crippen molar-refractivity contribution in [1.82, 2.24) is 10.3 Å². The average molecular weight is 235 g/mol. The van der Waals surface area contributed by atoms with E-state index in [2.05, 4.69) is 22.4 Å². The molecule has 0 radical (unpaired) electrons. The summed E-state index contributed by atoms with van der Waals surface area (Å²) in [7, 11) is 2.01. The molecular weight excluding hydrogens is 219 g/mol. The third-order valence-electron chi connectivity index (χ3n) is 2.41. The average Bonchev–Trinajstić information content (AvgIpc) is 2.92. The summed E-state index contributed by atoms with van der Waals surface area (Å²) < 4.78 is 0. The van der Waals surface area contributed by atoms with Gasteiger partial charge in [0.15, 0.2) is 0 Å². The van der Waals surface area contributed by atoms with Gasteiger partial charge < -0.3 is 5.32 Å². The van der Waals surface area contributed by atoms with Crippen LogP contribution in [-0.2, 0) is 0 Å². The number of hydrogen-bond donors (Lipinski definition) is 1. The molecule has 1 N–H and O–H groups in total. The molecule has 0 amide bonds. The van der Waals surface area contributed by atoms with E-state index in [0.717, 1.165) is 5.92 Å². The molecule has 14 heavy (non-hydrogen) atoms. The summed E-state index contributed by atoms with van der Waals surface area (Å²) in [5.41, 5.74) is 1.18. The Kier molecular flexibility index (Phi) is 6.09. The van der Waals surface area contributed by atoms with Crippen LogP contribution in [0.5, 0.6) is 0 Å². The third-order valence-corrected chi connectivity index (χ3v) is 2.41. The van der Waals surface area contributed by atoms with Crippen LogP contribution < -0.4 is 5.32 Å². The van der Waals surface area contributed by atoms with Crippen molar-refractivity contribution in [2.24, 2.45) is 5.92 Å². The number of aromatic nitrogens is 1. The molecule has 1 unspecified atom stereocenters. The van der Waals surface area contributed by atoms with Gasteiger partial charge in [0.25, 0.3) is 0 Å². The van der Waals surface area contributed by atoms with Gasteiger partial charge in [-0.2, -0.15) is 0 Å². The van der Waals surface area contributed by atoms with Gasteiger partial charge >= 0.3 is 0 Å². The van der Waals surface area contributed by atoms with Gasteiger partial charge in [-0.1, -0.05) is 6.07 Å². The highest BCUT2D eigenvalue weighted by atomic mass is 35.5. The Bertz CT molecular complexity index is 250. The fourth-order valence-corrected chi connectivity index (χ4v) is 1.61. The molecule has 1 aromatic heterocycles. The van der Waals surface area contributed by atoms with Crippen molar-refractivity contribution in [2.45, 2.75) is 18.9 Å². The highest BCUT2D eigenvalue weighted by Gasteiger charge is 2.31. The molecule has 0 aromatic carbocycles. The first-order chi connectivity index (χ1) is 5.92. The Hall–Kier alpha value is -0.310. The second-order valence-corrected chi connectivity index (χ2v) is 3.36. The van der Waals surface area contributed by atoms with Gasteiger partial charge in [-0.15, -0.1) is 24.8 Å². The molecule has 1 saturated carbocycles. The molecule has 0 bridgehead atoms. The van der Waals surface area contributed by atoms with Crippen LogP contribution in [0.3, 0.4) is 0 Å². The Morgan fingerprint density at radius 2 is 2.07 bits per heavy atom. The third kappa shape index (κ3) is 3.12. The van der Waals surface area contributed by atoms with Crippen molar-refractivity contribution in [2.75, 3.05) is 7.05 Å². The molecule has 2 nitrogen and oxygen atoms in total. The first-order valence-electron chi connectivity index (χ1n) is 4.50. The monoisotopic (exact) mass is 234 g/mol. The van der Waals surface area contributed by atoms with Gasteiger partial charge in [0.1, 0.15) is 0 Å². The Labute approximate surface area is 97.3 Å². The minimum atomic E-state index is 0. The molecule has 1 atom stereocenters. The maximum Gasteiger partial charge on any atom is 0.0575 e. The first-order valence-corrected chi connectivity index (χ1v) is 4.50. The number of nitrogens with one attached hydrogen (secondary N) is 1. The van der Waals surface area contributed by atoms with Crippen molar-refractivity contribution in [1.29, 1.82) is 0 Å². The van der Waals surface area contributed by atoms with Crippen LogP contribution in [0.15, 0.2) is 24.4 Å². The maximum atomic E-state index is 4.35. The van der Waals surface area contributed by atoms with Crippen molar-refractivity contribution in [3.05, 3.63) is 30.1 Å². The molecule has 0 spiro atoms. The summed E-state index contributed by atoms with van der Waals surface area (Å²) in [6.07, 6.45) is 4.56. The van der Waals surface area contributed by atoms with E-state index in [-0.39, 0.29) is 24.8 Å². The van der Waals surface area contributed by atoms with E-state index in [0.29, 0.717) is 6.04 Å². The Morgan fingerprint density at radius 3 is 2.50 bits per heavy atom. The number of hydrogen-bond acceptors (Lipinski definition) is 2. The van der Waals surface area contributed by atoms with E-state index < -0.39 is 0 Å². The zero-order chi connectivity index (χ0) is 8.39. The fraction of sp³-hybridized carbons (Fsp3) is 0.500. The van der Waals surface area contributed by atoms with E-state index in [1.807, 2.05) is 19.3 Å². The van der Waals surface area contributed by atoms with Crippen molar-refractivity contribution >= 4 is 24.8 Å². The van der Waals surface area contributed by atoms with Gasteiger partial charge in [-0.3, -0.25) is 4.98 Å². The molecule has 2 rings (SSSR count). The van der Waals surface area contributed by atoms with E-state index in [4.69, 9.17) is 0 Å². The normalized spacial score (nSPS) is 16.4. The molecule has 0 saturated heterocycles. The number of pyridine rings is 1. The minimum absolute atomic E-state index is 0. The fourth-order valence-electron chi connectivity index (χ4n) is 1.61. The number of nitrogens with zero attached hydrogens (tertiary/aromatic N) is 1. The topological polar surface area (TPSA) is 24.9 Å². The lowest BCUT2D eigenvalue weighted by atomic mass is 10.1. The largest absolute Gasteiger partial charge is 0.311 e. The number of rotatable bonds is 3. The van der Waals surface area contributed by atoms with Gasteiger partial charge in [-0.05, 0) is 37.9 Å². The molecule has 1 aliphatic rings. The first kappa shape index (κ1) is 13.7.